The third-order valence-corrected chi connectivity index (χ3v) is 27.0. The van der Waals surface area contributed by atoms with Gasteiger partial charge in [0.2, 0.25) is 18.0 Å². The molecule has 11 rings (SSSR count). The van der Waals surface area contributed by atoms with E-state index in [9.17, 15) is 52.7 Å². The second-order valence-corrected chi connectivity index (χ2v) is 36.8. The first kappa shape index (κ1) is 106. The largest absolute Gasteiger partial charge is 0.463 e. The third-order valence-electron chi connectivity index (χ3n) is 26.1. The van der Waals surface area contributed by atoms with Crippen molar-refractivity contribution in [2.75, 3.05) is 25.7 Å². The smallest absolute Gasteiger partial charge is 0.338 e. The van der Waals surface area contributed by atoms with Crippen molar-refractivity contribution in [3.05, 3.63) is 83.2 Å². The Morgan fingerprint density at radius 2 is 0.926 bits per heavy atom. The number of carbonyl (C=O) groups is 11. The highest BCUT2D eigenvalue weighted by Crippen LogP contribution is 2.47. The summed E-state index contributed by atoms with van der Waals surface area (Å²) in [6.45, 7) is 32.2. The van der Waals surface area contributed by atoms with Crippen LogP contribution in [0.15, 0.2) is 60.6 Å². The van der Waals surface area contributed by atoms with E-state index in [0.717, 1.165) is 6.92 Å². The number of rotatable bonds is 38. The van der Waals surface area contributed by atoms with E-state index in [-0.39, 0.29) is 69.8 Å². The Morgan fingerprint density at radius 1 is 0.444 bits per heavy atom. The van der Waals surface area contributed by atoms with Crippen LogP contribution >= 0.6 is 23.2 Å². The fourth-order valence-electron chi connectivity index (χ4n) is 18.7. The number of esters is 10. The summed E-state index contributed by atoms with van der Waals surface area (Å²) in [5.41, 5.74) is 2.42. The molecule has 748 valence electrons. The van der Waals surface area contributed by atoms with Gasteiger partial charge in [0, 0.05) is 117 Å². The minimum atomic E-state index is -1.93. The number of halogens is 2. The lowest BCUT2D eigenvalue weighted by Crippen LogP contribution is -2.66. The van der Waals surface area contributed by atoms with Crippen molar-refractivity contribution in [3.8, 4) is 0 Å². The molecule has 0 saturated carbocycles. The molecule has 1 aromatic carbocycles. The molecule has 44 heteroatoms. The zero-order chi connectivity index (χ0) is 98.5. The molecular weight excluding hydrogens is 1820 g/mol. The number of aryl methyl sites for hydroxylation is 2. The van der Waals surface area contributed by atoms with E-state index < -0.39 is 247 Å². The maximum absolute atomic E-state index is 14.2. The molecule has 6 fully saturated rings. The Labute approximate surface area is 793 Å². The molecule has 9 heterocycles. The average Bonchev–Trinajstić information content (AvgIpc) is 1.46. The fraction of sp³-hybridized carbons (Fsp3) is 0.725. The molecular formula is C91H128Cl2N10O32. The van der Waals surface area contributed by atoms with Crippen molar-refractivity contribution in [1.29, 1.82) is 0 Å². The number of hydrogen-bond acceptors (Lipinski definition) is 38. The maximum atomic E-state index is 14.2. The van der Waals surface area contributed by atoms with Crippen LogP contribution in [0.1, 0.15) is 186 Å². The normalized spacial score (nSPS) is 34.6. The van der Waals surface area contributed by atoms with Crippen LogP contribution in [0.2, 0.25) is 0 Å². The number of amides is 1. The predicted molar refractivity (Wildman–Crippen MR) is 466 cm³/mol. The molecule has 0 spiro atoms. The second kappa shape index (κ2) is 47.4. The first-order chi connectivity index (χ1) is 64.0. The van der Waals surface area contributed by atoms with Gasteiger partial charge in [-0.15, -0.1) is 38.5 Å². The Morgan fingerprint density at radius 3 is 1.49 bits per heavy atom. The van der Waals surface area contributed by atoms with Gasteiger partial charge in [-0.05, 0) is 61.6 Å². The Balaban J connectivity index is 0.716. The van der Waals surface area contributed by atoms with Gasteiger partial charge < -0.3 is 104 Å². The number of ether oxygens (including phenoxy) is 21. The van der Waals surface area contributed by atoms with Crippen LogP contribution in [0.25, 0.3) is 0 Å². The van der Waals surface area contributed by atoms with Crippen molar-refractivity contribution in [3.63, 3.8) is 0 Å². The zero-order valence-corrected chi connectivity index (χ0v) is 81.5. The molecule has 0 radical (unpaired) electrons. The summed E-state index contributed by atoms with van der Waals surface area (Å²) in [5.74, 6) is -13.6. The summed E-state index contributed by atoms with van der Waals surface area (Å²) < 4.78 is 136. The summed E-state index contributed by atoms with van der Waals surface area (Å²) in [6.07, 6.45) is -13.2. The number of alkyl halides is 2. The summed E-state index contributed by atoms with van der Waals surface area (Å²) in [7, 11) is 0. The van der Waals surface area contributed by atoms with Gasteiger partial charge in [-0.3, -0.25) is 52.6 Å². The molecule has 6 saturated heterocycles. The maximum Gasteiger partial charge on any atom is 0.338 e. The Hall–Kier alpha value is -9.31. The molecule has 135 heavy (non-hydrogen) atoms. The molecule has 0 bridgehead atoms. The topological polar surface area (TPSA) is 477 Å². The van der Waals surface area contributed by atoms with Crippen molar-refractivity contribution in [1.82, 2.24) is 49.9 Å². The highest BCUT2D eigenvalue weighted by molar-refractivity contribution is 6.21. The van der Waals surface area contributed by atoms with Gasteiger partial charge in [0.05, 0.1) is 105 Å². The van der Waals surface area contributed by atoms with E-state index in [0.29, 0.717) is 54.0 Å². The standard InChI is InChI=1S/C91H128Cl2N10O32/c1-22-69-74(93)82(124-60(19)111)83(125-61(20)112)90(127-69)135-91(42-92)84(126-62(21)113)49(8)71(134-91)36-102-34-67(96-99-102)39-118-87-79(131-85(114)63-27-24-23-25-28-63)46(5)44(3)70(128-87)35-101-32-65(94-98-101)29-26-30-100-33-66(95-97-100)38-119-88-81(123-59(18)110)51(10)78(73(130-88)41-117-56(15)107)132-86-48(7)47(6)77(72(129-86)40-116-55(14)106)133-89-80(122-58(17)109)50(9)75(52(11)120-89)103(53(12)104)68-31-64(37-115-54(13)105)43(2)45(4)76(68)121-57(16)108/h23-25,27-28,31-34,43-52,68-84,86-90H,22,26,29-30,35-42H2,1-21H3/t43-,44-,45-,46-,47+,48?,49+,50-,51-,52?,68-,69+,70+,71+,72?,73?,74-,75-,76+,77-,78-,79-,80?,81?,82-,83+,84-,86+,87-,88+,89+,90+,91-/m0/s1. The molecule has 42 nitrogen and oxygen atoms in total. The van der Waals surface area contributed by atoms with Gasteiger partial charge in [0.1, 0.15) is 54.9 Å². The average molecular weight is 1940 g/mol. The predicted octanol–water partition coefficient (Wildman–Crippen LogP) is 7.37. The molecule has 4 aromatic rings. The monoisotopic (exact) mass is 1940 g/mol. The highest BCUT2D eigenvalue weighted by atomic mass is 35.5. The SMILES string of the molecule is CC[C@H]1O[C@H](O[C@]2(CCl)O[C@H](Cn3cc(CO[C@H]4O[C@H](Cn5cc(CCCn6cc(CO[C@@H]7OC(COC(C)=O)[C@@H](O[C@H]8OC(COC(C)=O)[C@@H](O[C@H]9OC(C)[C@@H](N(C(C)=O)[C@H]%10C=C(COC(C)=O)[C@@H](C)[C@H](C)[C@H]%10OC(C)=O)[C@H](C)C9OC(C)=O)[C@H](C)C8C)[C@H](C)C7OC(C)=O)nn6)nn5)[C@@H](C)[C@H](C)[C@@H]4OC(=O)c4ccccc4)nn3)[C@@H](C)[C@@H]2OC(C)=O)[C@H](OC(C)=O)[C@@H](OC(C)=O)[C@H]1Cl. The number of aromatic nitrogens is 9. The van der Waals surface area contributed by atoms with E-state index in [1.54, 1.807) is 97.7 Å². The van der Waals surface area contributed by atoms with Crippen LogP contribution in [-0.2, 0) is 187 Å². The summed E-state index contributed by atoms with van der Waals surface area (Å²) in [6, 6.07) is 6.80. The molecule has 6 aliphatic heterocycles. The van der Waals surface area contributed by atoms with Crippen LogP contribution in [-0.4, -0.2) is 287 Å². The third kappa shape index (κ3) is 26.6. The van der Waals surface area contributed by atoms with Crippen molar-refractivity contribution in [2.24, 2.45) is 53.3 Å². The zero-order valence-electron chi connectivity index (χ0n) is 79.9. The van der Waals surface area contributed by atoms with Gasteiger partial charge in [0.25, 0.3) is 0 Å². The summed E-state index contributed by atoms with van der Waals surface area (Å²) >= 11 is 13.5. The lowest BCUT2D eigenvalue weighted by molar-refractivity contribution is -0.359. The van der Waals surface area contributed by atoms with Gasteiger partial charge in [0.15, 0.2) is 61.8 Å². The van der Waals surface area contributed by atoms with E-state index in [4.69, 9.17) is 123 Å². The van der Waals surface area contributed by atoms with Crippen LogP contribution in [0, 0.1) is 53.3 Å². The Kier molecular flexibility index (Phi) is 37.2. The number of hydrogen-bond donors (Lipinski definition) is 0. The fourth-order valence-corrected chi connectivity index (χ4v) is 19.5. The van der Waals surface area contributed by atoms with E-state index >= 15 is 0 Å². The molecule has 1 amide bonds. The minimum Gasteiger partial charge on any atom is -0.463 e. The van der Waals surface area contributed by atoms with Crippen LogP contribution in [0.3, 0.4) is 0 Å². The van der Waals surface area contributed by atoms with Crippen molar-refractivity contribution >= 4 is 88.8 Å². The van der Waals surface area contributed by atoms with E-state index in [2.05, 4.69) is 30.9 Å². The highest BCUT2D eigenvalue weighted by Gasteiger charge is 2.62. The van der Waals surface area contributed by atoms with Gasteiger partial charge >= 0.3 is 59.7 Å². The molecule has 1 aliphatic carbocycles. The van der Waals surface area contributed by atoms with Crippen LogP contribution < -0.4 is 0 Å². The molecule has 33 atom stereocenters. The molecule has 6 unspecified atom stereocenters. The first-order valence-electron chi connectivity index (χ1n) is 45.7. The molecule has 0 N–H and O–H groups in total. The van der Waals surface area contributed by atoms with Gasteiger partial charge in [-0.1, -0.05) is 109 Å². The van der Waals surface area contributed by atoms with Gasteiger partial charge in [-0.2, -0.15) is 0 Å². The first-order valence-corrected chi connectivity index (χ1v) is 46.7. The summed E-state index contributed by atoms with van der Waals surface area (Å²) in [4.78, 5) is 144. The Bertz CT molecular complexity index is 4750. The summed E-state index contributed by atoms with van der Waals surface area (Å²) in [5, 5.41) is 25.5. The van der Waals surface area contributed by atoms with Gasteiger partial charge in [-0.25, -0.2) is 14.2 Å². The van der Waals surface area contributed by atoms with Crippen LogP contribution in [0.4, 0.5) is 0 Å². The number of benzene rings is 1. The van der Waals surface area contributed by atoms with Crippen molar-refractivity contribution < 1.29 is 152 Å². The van der Waals surface area contributed by atoms with E-state index in [1.807, 2.05) is 47.7 Å². The number of nitrogens with zero attached hydrogens (tertiary/aromatic N) is 10. The lowest BCUT2D eigenvalue weighted by Gasteiger charge is -2.53. The van der Waals surface area contributed by atoms with E-state index in [1.165, 1.54) is 67.0 Å². The lowest BCUT2D eigenvalue weighted by atomic mass is 9.75. The van der Waals surface area contributed by atoms with Crippen LogP contribution in [0.5, 0.6) is 0 Å². The number of carbonyl (C=O) groups excluding carboxylic acids is 11. The van der Waals surface area contributed by atoms with Crippen molar-refractivity contribution in [2.45, 2.75) is 344 Å². The second-order valence-electron chi connectivity index (χ2n) is 36.0. The molecule has 7 aliphatic rings. The minimum absolute atomic E-state index is 0.0130. The molecule has 3 aromatic heterocycles. The quantitative estimate of drug-likeness (QED) is 0.0183.